The van der Waals surface area contributed by atoms with Crippen LogP contribution in [0.15, 0.2) is 29.4 Å². The summed E-state index contributed by atoms with van der Waals surface area (Å²) in [4.78, 5) is 37.7. The highest BCUT2D eigenvalue weighted by Gasteiger charge is 2.41. The zero-order chi connectivity index (χ0) is 19.7. The topological polar surface area (TPSA) is 63.7 Å². The normalized spacial score (nSPS) is 17.5. The number of carbonyl (C=O) groups is 3. The van der Waals surface area contributed by atoms with Crippen molar-refractivity contribution in [1.29, 1.82) is 0 Å². The molecule has 0 spiro atoms. The van der Waals surface area contributed by atoms with E-state index >= 15 is 0 Å². The van der Waals surface area contributed by atoms with Gasteiger partial charge in [-0.15, -0.1) is 0 Å². The second kappa shape index (κ2) is 7.82. The van der Waals surface area contributed by atoms with E-state index in [1.165, 1.54) is 6.07 Å². The Balaban J connectivity index is 2.02. The van der Waals surface area contributed by atoms with Crippen molar-refractivity contribution >= 4 is 51.7 Å². The Bertz CT molecular complexity index is 879. The van der Waals surface area contributed by atoms with E-state index < -0.39 is 23.6 Å². The largest absolute Gasteiger partial charge is 0.463 e. The number of amides is 2. The molecule has 0 N–H and O–H groups in total. The van der Waals surface area contributed by atoms with Crippen molar-refractivity contribution in [3.63, 3.8) is 0 Å². The van der Waals surface area contributed by atoms with Crippen LogP contribution in [0.4, 0.5) is 10.1 Å². The van der Waals surface area contributed by atoms with Gasteiger partial charge in [-0.25, -0.2) is 14.1 Å². The number of hydrogen-bond donors (Lipinski definition) is 0. The van der Waals surface area contributed by atoms with Crippen LogP contribution in [0.5, 0.6) is 0 Å². The van der Waals surface area contributed by atoms with Crippen molar-refractivity contribution in [2.45, 2.75) is 32.6 Å². The molecule has 0 saturated carbocycles. The lowest BCUT2D eigenvalue weighted by Crippen LogP contribution is -2.32. The van der Waals surface area contributed by atoms with Crippen LogP contribution in [0.3, 0.4) is 0 Å². The molecule has 0 radical (unpaired) electrons. The van der Waals surface area contributed by atoms with Crippen LogP contribution >= 0.6 is 23.2 Å². The fourth-order valence-corrected chi connectivity index (χ4v) is 3.76. The lowest BCUT2D eigenvalue weighted by molar-refractivity contribution is -0.137. The van der Waals surface area contributed by atoms with Gasteiger partial charge in [-0.2, -0.15) is 0 Å². The summed E-state index contributed by atoms with van der Waals surface area (Å²) in [5, 5.41) is -0.143. The van der Waals surface area contributed by atoms with Crippen molar-refractivity contribution < 1.29 is 23.5 Å². The summed E-state index contributed by atoms with van der Waals surface area (Å²) in [5.74, 6) is -2.56. The number of imide groups is 1. The Hall–Kier alpha value is -2.18. The summed E-state index contributed by atoms with van der Waals surface area (Å²) in [6.45, 7) is 1.80. The SMILES string of the molecule is CCOC(=O)/C=C(\Cl)c1cc(N2C(=O)C3=C(CCCC3)C2=O)c(F)cc1Cl. The van der Waals surface area contributed by atoms with Crippen LogP contribution in [-0.4, -0.2) is 24.4 Å². The smallest absolute Gasteiger partial charge is 0.332 e. The predicted octanol–water partition coefficient (Wildman–Crippen LogP) is 4.37. The number of hydrogen-bond acceptors (Lipinski definition) is 4. The van der Waals surface area contributed by atoms with Gasteiger partial charge in [0, 0.05) is 22.8 Å². The summed E-state index contributed by atoms with van der Waals surface area (Å²) < 4.78 is 19.3. The van der Waals surface area contributed by atoms with Crippen molar-refractivity contribution in [3.8, 4) is 0 Å². The van der Waals surface area contributed by atoms with Gasteiger partial charge in [-0.1, -0.05) is 23.2 Å². The molecule has 0 atom stereocenters. The molecule has 1 aromatic carbocycles. The molecular weight excluding hydrogens is 396 g/mol. The molecule has 1 heterocycles. The minimum absolute atomic E-state index is 0.0568. The predicted molar refractivity (Wildman–Crippen MR) is 99.9 cm³/mol. The fourth-order valence-electron chi connectivity index (χ4n) is 3.22. The molecule has 0 unspecified atom stereocenters. The fraction of sp³-hybridized carbons (Fsp3) is 0.316. The third kappa shape index (κ3) is 3.64. The quantitative estimate of drug-likeness (QED) is 0.419. The lowest BCUT2D eigenvalue weighted by atomic mass is 9.93. The minimum atomic E-state index is -0.828. The summed E-state index contributed by atoms with van der Waals surface area (Å²) in [5.41, 5.74) is 0.757. The Morgan fingerprint density at radius 2 is 1.81 bits per heavy atom. The van der Waals surface area contributed by atoms with Crippen LogP contribution in [-0.2, 0) is 19.1 Å². The third-order valence-corrected chi connectivity index (χ3v) is 5.08. The van der Waals surface area contributed by atoms with Crippen LogP contribution < -0.4 is 4.90 Å². The summed E-state index contributed by atoms with van der Waals surface area (Å²) >= 11 is 12.2. The average molecular weight is 412 g/mol. The first-order valence-electron chi connectivity index (χ1n) is 8.49. The summed E-state index contributed by atoms with van der Waals surface area (Å²) in [6.07, 6.45) is 3.64. The maximum atomic E-state index is 14.6. The first kappa shape index (κ1) is 19.6. The Morgan fingerprint density at radius 1 is 1.22 bits per heavy atom. The number of anilines is 1. The van der Waals surface area contributed by atoms with Crippen molar-refractivity contribution in [1.82, 2.24) is 0 Å². The molecule has 27 heavy (non-hydrogen) atoms. The molecule has 5 nitrogen and oxygen atoms in total. The summed E-state index contributed by atoms with van der Waals surface area (Å²) in [6, 6.07) is 2.16. The van der Waals surface area contributed by atoms with Gasteiger partial charge in [-0.3, -0.25) is 9.59 Å². The van der Waals surface area contributed by atoms with Gasteiger partial charge >= 0.3 is 5.97 Å². The van der Waals surface area contributed by atoms with E-state index in [1.807, 2.05) is 0 Å². The zero-order valence-corrected chi connectivity index (χ0v) is 16.0. The third-order valence-electron chi connectivity index (χ3n) is 4.46. The van der Waals surface area contributed by atoms with Gasteiger partial charge in [0.2, 0.25) is 0 Å². The Morgan fingerprint density at radius 3 is 2.37 bits per heavy atom. The highest BCUT2D eigenvalue weighted by Crippen LogP contribution is 2.39. The van der Waals surface area contributed by atoms with Gasteiger partial charge in [0.1, 0.15) is 5.82 Å². The molecule has 0 bridgehead atoms. The molecule has 142 valence electrons. The van der Waals surface area contributed by atoms with E-state index in [4.69, 9.17) is 27.9 Å². The van der Waals surface area contributed by atoms with Crippen LogP contribution in [0, 0.1) is 5.82 Å². The number of benzene rings is 1. The molecule has 2 amide bonds. The van der Waals surface area contributed by atoms with Crippen molar-refractivity contribution in [2.75, 3.05) is 11.5 Å². The second-order valence-electron chi connectivity index (χ2n) is 6.14. The minimum Gasteiger partial charge on any atom is -0.463 e. The molecular formula is C19H16Cl2FNO4. The molecule has 0 aromatic heterocycles. The van der Waals surface area contributed by atoms with E-state index in [2.05, 4.69) is 0 Å². The molecule has 1 aliphatic carbocycles. The van der Waals surface area contributed by atoms with Crippen molar-refractivity contribution in [2.24, 2.45) is 0 Å². The second-order valence-corrected chi connectivity index (χ2v) is 6.95. The van der Waals surface area contributed by atoms with Crippen LogP contribution in [0.25, 0.3) is 5.03 Å². The lowest BCUT2D eigenvalue weighted by Gasteiger charge is -2.18. The van der Waals surface area contributed by atoms with E-state index in [-0.39, 0.29) is 27.9 Å². The molecule has 1 aliphatic heterocycles. The highest BCUT2D eigenvalue weighted by atomic mass is 35.5. The molecule has 8 heteroatoms. The van der Waals surface area contributed by atoms with Crippen molar-refractivity contribution in [3.05, 3.63) is 45.8 Å². The molecule has 2 aliphatic rings. The number of rotatable bonds is 4. The maximum absolute atomic E-state index is 14.6. The van der Waals surface area contributed by atoms with Gasteiger partial charge in [0.05, 0.1) is 22.3 Å². The number of carbonyl (C=O) groups excluding carboxylic acids is 3. The van der Waals surface area contributed by atoms with E-state index in [0.29, 0.717) is 24.0 Å². The van der Waals surface area contributed by atoms with E-state index in [0.717, 1.165) is 29.9 Å². The highest BCUT2D eigenvalue weighted by molar-refractivity contribution is 6.52. The monoisotopic (exact) mass is 411 g/mol. The number of esters is 1. The first-order valence-corrected chi connectivity index (χ1v) is 9.25. The summed E-state index contributed by atoms with van der Waals surface area (Å²) in [7, 11) is 0. The van der Waals surface area contributed by atoms with Crippen LogP contribution in [0.2, 0.25) is 5.02 Å². The number of ether oxygens (including phenoxy) is 1. The molecule has 3 rings (SSSR count). The number of nitrogens with zero attached hydrogens (tertiary/aromatic N) is 1. The molecule has 0 fully saturated rings. The Kier molecular flexibility index (Phi) is 5.67. The molecule has 1 aromatic rings. The standard InChI is InChI=1S/C19H16Cl2FNO4/c1-2-27-17(24)9-14(21)12-7-16(15(22)8-13(12)20)23-18(25)10-5-3-4-6-11(10)19(23)26/h7-9H,2-6H2,1H3/b14-9-. The Labute approximate surface area is 165 Å². The van der Waals surface area contributed by atoms with Gasteiger partial charge < -0.3 is 4.74 Å². The molecule has 0 saturated heterocycles. The van der Waals surface area contributed by atoms with E-state index in [1.54, 1.807) is 6.92 Å². The van der Waals surface area contributed by atoms with E-state index in [9.17, 15) is 18.8 Å². The van der Waals surface area contributed by atoms with Crippen LogP contribution in [0.1, 0.15) is 38.2 Å². The maximum Gasteiger partial charge on any atom is 0.332 e. The first-order chi connectivity index (χ1) is 12.8. The van der Waals surface area contributed by atoms with Gasteiger partial charge in [0.25, 0.3) is 11.8 Å². The number of halogens is 3. The zero-order valence-electron chi connectivity index (χ0n) is 14.5. The van der Waals surface area contributed by atoms with Gasteiger partial charge in [0.15, 0.2) is 0 Å². The van der Waals surface area contributed by atoms with Gasteiger partial charge in [-0.05, 0) is 44.7 Å². The average Bonchev–Trinajstić information content (AvgIpc) is 2.87.